The number of allylic oxidation sites excluding steroid dienone is 1. The normalized spacial score (nSPS) is 12.4. The Hall–Kier alpha value is -1.87. The van der Waals surface area contributed by atoms with E-state index in [2.05, 4.69) is 0 Å². The highest BCUT2D eigenvalue weighted by molar-refractivity contribution is 7.91. The van der Waals surface area contributed by atoms with Gasteiger partial charge < -0.3 is 0 Å². The van der Waals surface area contributed by atoms with E-state index in [0.717, 1.165) is 16.7 Å². The van der Waals surface area contributed by atoms with Crippen molar-refractivity contribution in [2.45, 2.75) is 18.7 Å². The van der Waals surface area contributed by atoms with Crippen molar-refractivity contribution in [3.63, 3.8) is 0 Å². The van der Waals surface area contributed by atoms with Crippen LogP contribution in [0.3, 0.4) is 0 Å². The van der Waals surface area contributed by atoms with Gasteiger partial charge in [-0.3, -0.25) is 0 Å². The third kappa shape index (κ3) is 3.36. The van der Waals surface area contributed by atoms with E-state index in [4.69, 9.17) is 0 Å². The first-order valence-electron chi connectivity index (χ1n) is 6.53. The summed E-state index contributed by atoms with van der Waals surface area (Å²) in [5.41, 5.74) is 2.83. The molecule has 0 aromatic heterocycles. The number of sulfone groups is 1. The Kier molecular flexibility index (Phi) is 4.40. The van der Waals surface area contributed by atoms with Crippen LogP contribution in [0.4, 0.5) is 0 Å². The highest BCUT2D eigenvalue weighted by atomic mass is 32.2. The lowest BCUT2D eigenvalue weighted by Crippen LogP contribution is -2.08. The Balaban J connectivity index is 2.30. The maximum Gasteiger partial charge on any atom is 0.182 e. The fourth-order valence-corrected chi connectivity index (χ4v) is 3.48. The average molecular weight is 286 g/mol. The van der Waals surface area contributed by atoms with Crippen LogP contribution in [0.15, 0.2) is 65.6 Å². The van der Waals surface area contributed by atoms with Crippen LogP contribution in [0.5, 0.6) is 0 Å². The summed E-state index contributed by atoms with van der Waals surface area (Å²) in [5.74, 6) is 0.0244. The standard InChI is InChI=1S/C17H18O2S/c1-3-15(16-7-5-4-6-8-16)13-20(18,19)17-11-9-14(2)10-12-17/h3-12H,13H2,1-2H3/b15-3+. The zero-order valence-electron chi connectivity index (χ0n) is 11.7. The topological polar surface area (TPSA) is 34.1 Å². The molecule has 2 aromatic rings. The van der Waals surface area contributed by atoms with Gasteiger partial charge in [-0.15, -0.1) is 0 Å². The minimum atomic E-state index is -3.30. The van der Waals surface area contributed by atoms with Gasteiger partial charge in [-0.25, -0.2) is 8.42 Å². The minimum Gasteiger partial charge on any atom is -0.223 e. The first kappa shape index (κ1) is 14.5. The van der Waals surface area contributed by atoms with Crippen molar-refractivity contribution in [3.8, 4) is 0 Å². The average Bonchev–Trinajstić information content (AvgIpc) is 2.46. The molecule has 104 valence electrons. The van der Waals surface area contributed by atoms with Crippen molar-refractivity contribution in [3.05, 3.63) is 71.8 Å². The Morgan fingerprint density at radius 2 is 1.60 bits per heavy atom. The lowest BCUT2D eigenvalue weighted by atomic mass is 10.1. The summed E-state index contributed by atoms with van der Waals surface area (Å²) >= 11 is 0. The van der Waals surface area contributed by atoms with Gasteiger partial charge in [0.15, 0.2) is 9.84 Å². The van der Waals surface area contributed by atoms with Gasteiger partial charge >= 0.3 is 0 Å². The number of rotatable bonds is 4. The van der Waals surface area contributed by atoms with Crippen LogP contribution in [0, 0.1) is 6.92 Å². The lowest BCUT2D eigenvalue weighted by molar-refractivity contribution is 0.599. The van der Waals surface area contributed by atoms with Crippen molar-refractivity contribution >= 4 is 15.4 Å². The van der Waals surface area contributed by atoms with Gasteiger partial charge in [-0.1, -0.05) is 54.1 Å². The lowest BCUT2D eigenvalue weighted by Gasteiger charge is -2.09. The van der Waals surface area contributed by atoms with Gasteiger partial charge in [-0.05, 0) is 37.1 Å². The van der Waals surface area contributed by atoms with Gasteiger partial charge in [0.2, 0.25) is 0 Å². The summed E-state index contributed by atoms with van der Waals surface area (Å²) in [5, 5.41) is 0. The molecule has 0 bridgehead atoms. The molecule has 2 nitrogen and oxygen atoms in total. The molecule has 0 saturated carbocycles. The molecular formula is C17H18O2S. The van der Waals surface area contributed by atoms with Crippen molar-refractivity contribution in [1.82, 2.24) is 0 Å². The Morgan fingerprint density at radius 1 is 1.00 bits per heavy atom. The number of benzene rings is 2. The molecule has 0 fully saturated rings. The fourth-order valence-electron chi connectivity index (χ4n) is 2.02. The summed E-state index contributed by atoms with van der Waals surface area (Å²) in [6.07, 6.45) is 1.86. The second-order valence-corrected chi connectivity index (χ2v) is 6.74. The molecule has 2 aromatic carbocycles. The van der Waals surface area contributed by atoms with Crippen LogP contribution in [0.2, 0.25) is 0 Å². The predicted molar refractivity (Wildman–Crippen MR) is 83.3 cm³/mol. The second kappa shape index (κ2) is 6.06. The molecule has 0 atom stereocenters. The highest BCUT2D eigenvalue weighted by Gasteiger charge is 2.17. The largest absolute Gasteiger partial charge is 0.223 e. The number of aryl methyl sites for hydroxylation is 1. The SMILES string of the molecule is C/C=C(\CS(=O)(=O)c1ccc(C)cc1)c1ccccc1. The summed E-state index contributed by atoms with van der Waals surface area (Å²) in [6, 6.07) is 16.6. The maximum absolute atomic E-state index is 12.4. The highest BCUT2D eigenvalue weighted by Crippen LogP contribution is 2.21. The molecule has 0 saturated heterocycles. The summed E-state index contributed by atoms with van der Waals surface area (Å²) < 4.78 is 24.9. The molecule has 0 unspecified atom stereocenters. The predicted octanol–water partition coefficient (Wildman–Crippen LogP) is 3.87. The molecule has 0 aliphatic heterocycles. The molecular weight excluding hydrogens is 268 g/mol. The Morgan fingerprint density at radius 3 is 2.15 bits per heavy atom. The summed E-state index contributed by atoms with van der Waals surface area (Å²) in [6.45, 7) is 3.81. The molecule has 0 N–H and O–H groups in total. The maximum atomic E-state index is 12.4. The Bertz CT molecular complexity index is 696. The quantitative estimate of drug-likeness (QED) is 0.855. The third-order valence-corrected chi connectivity index (χ3v) is 4.90. The van der Waals surface area contributed by atoms with E-state index in [1.54, 1.807) is 12.1 Å². The van der Waals surface area contributed by atoms with Crippen LogP contribution >= 0.6 is 0 Å². The van der Waals surface area contributed by atoms with E-state index >= 15 is 0 Å². The van der Waals surface area contributed by atoms with Crippen molar-refractivity contribution < 1.29 is 8.42 Å². The van der Waals surface area contributed by atoms with E-state index in [0.29, 0.717) is 4.90 Å². The molecule has 3 heteroatoms. The van der Waals surface area contributed by atoms with E-state index in [1.807, 2.05) is 62.4 Å². The third-order valence-electron chi connectivity index (χ3n) is 3.22. The van der Waals surface area contributed by atoms with E-state index in [1.165, 1.54) is 0 Å². The molecule has 0 heterocycles. The van der Waals surface area contributed by atoms with E-state index in [9.17, 15) is 8.42 Å². The first-order valence-corrected chi connectivity index (χ1v) is 8.18. The summed E-state index contributed by atoms with van der Waals surface area (Å²) in [4.78, 5) is 0.374. The zero-order chi connectivity index (χ0) is 14.6. The van der Waals surface area contributed by atoms with Crippen molar-refractivity contribution in [1.29, 1.82) is 0 Å². The zero-order valence-corrected chi connectivity index (χ0v) is 12.5. The molecule has 0 spiro atoms. The van der Waals surface area contributed by atoms with Gasteiger partial charge in [0.1, 0.15) is 0 Å². The van der Waals surface area contributed by atoms with Crippen LogP contribution in [0.1, 0.15) is 18.1 Å². The van der Waals surface area contributed by atoms with E-state index < -0.39 is 9.84 Å². The summed E-state index contributed by atoms with van der Waals surface area (Å²) in [7, 11) is -3.30. The molecule has 0 aliphatic rings. The molecule has 0 radical (unpaired) electrons. The Labute approximate surface area is 120 Å². The fraction of sp³-hybridized carbons (Fsp3) is 0.176. The van der Waals surface area contributed by atoms with E-state index in [-0.39, 0.29) is 5.75 Å². The molecule has 20 heavy (non-hydrogen) atoms. The molecule has 0 aliphatic carbocycles. The number of hydrogen-bond donors (Lipinski definition) is 0. The molecule has 2 rings (SSSR count). The van der Waals surface area contributed by atoms with Crippen molar-refractivity contribution in [2.75, 3.05) is 5.75 Å². The monoisotopic (exact) mass is 286 g/mol. The van der Waals surface area contributed by atoms with Gasteiger partial charge in [-0.2, -0.15) is 0 Å². The van der Waals surface area contributed by atoms with Gasteiger partial charge in [0, 0.05) is 0 Å². The van der Waals surface area contributed by atoms with Crippen LogP contribution in [0.25, 0.3) is 5.57 Å². The van der Waals surface area contributed by atoms with Gasteiger partial charge in [0.25, 0.3) is 0 Å². The van der Waals surface area contributed by atoms with Crippen LogP contribution in [-0.2, 0) is 9.84 Å². The van der Waals surface area contributed by atoms with Crippen molar-refractivity contribution in [2.24, 2.45) is 0 Å². The first-order chi connectivity index (χ1) is 9.53. The number of hydrogen-bond acceptors (Lipinski definition) is 2. The minimum absolute atomic E-state index is 0.0244. The smallest absolute Gasteiger partial charge is 0.182 e. The van der Waals surface area contributed by atoms with Crippen LogP contribution < -0.4 is 0 Å². The molecule has 0 amide bonds. The van der Waals surface area contributed by atoms with Crippen LogP contribution in [-0.4, -0.2) is 14.2 Å². The second-order valence-electron chi connectivity index (χ2n) is 4.75. The van der Waals surface area contributed by atoms with Gasteiger partial charge in [0.05, 0.1) is 10.6 Å².